The first-order valence-corrected chi connectivity index (χ1v) is 14.1. The maximum atomic E-state index is 14.0. The molecule has 1 aromatic carbocycles. The van der Waals surface area contributed by atoms with E-state index in [-0.39, 0.29) is 46.6 Å². The van der Waals surface area contributed by atoms with E-state index in [0.29, 0.717) is 24.8 Å². The number of benzene rings is 1. The fourth-order valence-corrected chi connectivity index (χ4v) is 5.80. The fraction of sp³-hybridized carbons (Fsp3) is 0.750. The van der Waals surface area contributed by atoms with Crippen molar-refractivity contribution in [1.29, 1.82) is 0 Å². The second-order valence-corrected chi connectivity index (χ2v) is 14.8. The number of likely N-dealkylation sites (tertiary alicyclic amines) is 1. The van der Waals surface area contributed by atoms with Crippen LogP contribution in [0.5, 0.6) is 5.75 Å². The van der Waals surface area contributed by atoms with E-state index in [2.05, 4.69) is 60.4 Å². The number of hydrogen-bond acceptors (Lipinski definition) is 5. The van der Waals surface area contributed by atoms with Crippen LogP contribution in [0.3, 0.4) is 0 Å². The lowest BCUT2D eigenvalue weighted by Gasteiger charge is -2.53. The third-order valence-corrected chi connectivity index (χ3v) is 8.66. The van der Waals surface area contributed by atoms with Gasteiger partial charge in [-0.3, -0.25) is 14.5 Å². The zero-order chi connectivity index (χ0) is 29.5. The molecule has 1 aliphatic rings. The van der Waals surface area contributed by atoms with Gasteiger partial charge in [0.25, 0.3) is 0 Å². The average molecular weight is 532 g/mol. The molecule has 1 aromatic rings. The number of hydrogen-bond donors (Lipinski definition) is 2. The third-order valence-electron chi connectivity index (χ3n) is 8.66. The highest BCUT2D eigenvalue weighted by Gasteiger charge is 2.51. The van der Waals surface area contributed by atoms with Crippen LogP contribution < -0.4 is 0 Å². The Hall–Kier alpha value is -2.08. The van der Waals surface area contributed by atoms with E-state index in [0.717, 1.165) is 17.5 Å². The van der Waals surface area contributed by atoms with Gasteiger partial charge in [0.15, 0.2) is 5.41 Å². The van der Waals surface area contributed by atoms with Gasteiger partial charge in [0.1, 0.15) is 11.9 Å². The van der Waals surface area contributed by atoms with Crippen molar-refractivity contribution in [1.82, 2.24) is 4.90 Å². The SMILES string of the molecule is CCCCC(Cc1cc(C(C)(C)C)cc(C(C)(C)C)c1O)(C(=O)O)C(=O)OC1CC(C)(C)N(C)C(C)(C)C1. The highest BCUT2D eigenvalue weighted by Crippen LogP contribution is 2.43. The molecule has 0 radical (unpaired) electrons. The topological polar surface area (TPSA) is 87.1 Å². The maximum Gasteiger partial charge on any atom is 0.324 e. The fourth-order valence-electron chi connectivity index (χ4n) is 5.80. The first-order chi connectivity index (χ1) is 17.1. The van der Waals surface area contributed by atoms with E-state index in [1.165, 1.54) is 0 Å². The predicted octanol–water partition coefficient (Wildman–Crippen LogP) is 6.99. The molecule has 2 N–H and O–H groups in total. The second kappa shape index (κ2) is 10.8. The highest BCUT2D eigenvalue weighted by atomic mass is 16.5. The van der Waals surface area contributed by atoms with Crippen molar-refractivity contribution >= 4 is 11.9 Å². The molecule has 1 atom stereocenters. The van der Waals surface area contributed by atoms with Crippen molar-refractivity contribution in [3.8, 4) is 5.75 Å². The van der Waals surface area contributed by atoms with Crippen LogP contribution in [0.4, 0.5) is 0 Å². The summed E-state index contributed by atoms with van der Waals surface area (Å²) in [5.74, 6) is -1.82. The van der Waals surface area contributed by atoms with E-state index in [9.17, 15) is 19.8 Å². The first kappa shape index (κ1) is 32.1. The number of aromatic hydroxyl groups is 1. The van der Waals surface area contributed by atoms with Gasteiger partial charge in [-0.15, -0.1) is 0 Å². The summed E-state index contributed by atoms with van der Waals surface area (Å²) in [7, 11) is 2.08. The van der Waals surface area contributed by atoms with Crippen molar-refractivity contribution in [3.63, 3.8) is 0 Å². The highest BCUT2D eigenvalue weighted by molar-refractivity contribution is 5.99. The third kappa shape index (κ3) is 6.73. The number of carbonyl (C=O) groups is 2. The number of rotatable bonds is 8. The Balaban J connectivity index is 2.61. The number of phenols is 1. The number of carbonyl (C=O) groups excluding carboxylic acids is 1. The van der Waals surface area contributed by atoms with Crippen LogP contribution in [0, 0.1) is 5.41 Å². The van der Waals surface area contributed by atoms with E-state index in [4.69, 9.17) is 4.74 Å². The minimum absolute atomic E-state index is 0.0713. The molecule has 38 heavy (non-hydrogen) atoms. The number of nitrogens with zero attached hydrogens (tertiary/aromatic N) is 1. The number of phenolic OH excluding ortho intramolecular Hbond substituents is 1. The van der Waals surface area contributed by atoms with Gasteiger partial charge in [0.2, 0.25) is 0 Å². The predicted molar refractivity (Wildman–Crippen MR) is 154 cm³/mol. The van der Waals surface area contributed by atoms with Crippen LogP contribution in [-0.4, -0.2) is 51.3 Å². The largest absolute Gasteiger partial charge is 0.507 e. The van der Waals surface area contributed by atoms with Crippen LogP contribution in [0.1, 0.15) is 125 Å². The molecular weight excluding hydrogens is 478 g/mol. The summed E-state index contributed by atoms with van der Waals surface area (Å²) in [6.07, 6.45) is 2.22. The first-order valence-electron chi connectivity index (χ1n) is 14.1. The minimum atomic E-state index is -1.78. The summed E-state index contributed by atoms with van der Waals surface area (Å²) in [5.41, 5.74) is -0.534. The molecule has 0 saturated carbocycles. The standard InChI is InChI=1S/C32H53NO5/c1-13-14-15-32(26(35)36,27(37)38-23-19-30(8,9)33(12)31(10,11)20-23)18-21-16-22(28(2,3)4)17-24(25(21)34)29(5,6)7/h16-17,23,34H,13-15,18-20H2,1-12H3,(H,35,36). The Kier molecular flexibility index (Phi) is 9.15. The molecule has 1 fully saturated rings. The Bertz CT molecular complexity index is 1010. The quantitative estimate of drug-likeness (QED) is 0.278. The molecule has 1 heterocycles. The lowest BCUT2D eigenvalue weighted by Crippen LogP contribution is -2.60. The van der Waals surface area contributed by atoms with Gasteiger partial charge in [-0.2, -0.15) is 0 Å². The Morgan fingerprint density at radius 2 is 1.53 bits per heavy atom. The monoisotopic (exact) mass is 531 g/mol. The van der Waals surface area contributed by atoms with Crippen LogP contribution in [0.15, 0.2) is 12.1 Å². The number of aliphatic carboxylic acids is 1. The van der Waals surface area contributed by atoms with Gasteiger partial charge in [-0.25, -0.2) is 0 Å². The number of piperidine rings is 1. The van der Waals surface area contributed by atoms with Crippen LogP contribution in [0.25, 0.3) is 0 Å². The molecule has 0 amide bonds. The van der Waals surface area contributed by atoms with Crippen LogP contribution >= 0.6 is 0 Å². The van der Waals surface area contributed by atoms with Crippen molar-refractivity contribution in [2.24, 2.45) is 5.41 Å². The van der Waals surface area contributed by atoms with E-state index in [1.54, 1.807) is 0 Å². The van der Waals surface area contributed by atoms with Gasteiger partial charge in [-0.05, 0) is 68.7 Å². The summed E-state index contributed by atoms with van der Waals surface area (Å²) in [6.45, 7) is 22.8. The van der Waals surface area contributed by atoms with Gasteiger partial charge in [0.05, 0.1) is 0 Å². The summed E-state index contributed by atoms with van der Waals surface area (Å²) < 4.78 is 6.11. The van der Waals surface area contributed by atoms with E-state index >= 15 is 0 Å². The molecular formula is C32H53NO5. The molecule has 6 heteroatoms. The number of carboxylic acids is 1. The van der Waals surface area contributed by atoms with Crippen molar-refractivity contribution in [2.45, 2.75) is 143 Å². The van der Waals surface area contributed by atoms with Gasteiger partial charge < -0.3 is 14.9 Å². The van der Waals surface area contributed by atoms with Crippen LogP contribution in [-0.2, 0) is 31.6 Å². The van der Waals surface area contributed by atoms with Crippen LogP contribution in [0.2, 0.25) is 0 Å². The van der Waals surface area contributed by atoms with Crippen molar-refractivity contribution < 1.29 is 24.5 Å². The summed E-state index contributed by atoms with van der Waals surface area (Å²) >= 11 is 0. The summed E-state index contributed by atoms with van der Waals surface area (Å²) in [5, 5.41) is 22.0. The summed E-state index contributed by atoms with van der Waals surface area (Å²) in [4.78, 5) is 29.3. The van der Waals surface area contributed by atoms with Gasteiger partial charge >= 0.3 is 11.9 Å². The Morgan fingerprint density at radius 3 is 1.95 bits per heavy atom. The smallest absolute Gasteiger partial charge is 0.324 e. The summed E-state index contributed by atoms with van der Waals surface area (Å²) in [6, 6.07) is 3.89. The lowest BCUT2D eigenvalue weighted by atomic mass is 9.73. The molecule has 1 unspecified atom stereocenters. The normalized spacial score (nSPS) is 20.1. The number of ether oxygens (including phenoxy) is 1. The Morgan fingerprint density at radius 1 is 1.00 bits per heavy atom. The second-order valence-electron chi connectivity index (χ2n) is 14.8. The lowest BCUT2D eigenvalue weighted by molar-refractivity contribution is -0.179. The Labute approximate surface area is 231 Å². The molecule has 6 nitrogen and oxygen atoms in total. The zero-order valence-electron chi connectivity index (χ0n) is 26.0. The number of carboxylic acid groups (broad SMARTS) is 1. The van der Waals surface area contributed by atoms with E-state index < -0.39 is 17.4 Å². The maximum absolute atomic E-state index is 14.0. The van der Waals surface area contributed by atoms with Gasteiger partial charge in [-0.1, -0.05) is 73.4 Å². The molecule has 1 saturated heterocycles. The van der Waals surface area contributed by atoms with Crippen molar-refractivity contribution in [2.75, 3.05) is 7.05 Å². The molecule has 0 spiro atoms. The molecule has 216 valence electrons. The molecule has 0 aliphatic carbocycles. The van der Waals surface area contributed by atoms with Crippen molar-refractivity contribution in [3.05, 3.63) is 28.8 Å². The number of esters is 1. The molecule has 2 rings (SSSR count). The number of unbranched alkanes of at least 4 members (excludes halogenated alkanes) is 1. The zero-order valence-corrected chi connectivity index (χ0v) is 26.0. The molecule has 0 bridgehead atoms. The molecule has 1 aliphatic heterocycles. The van der Waals surface area contributed by atoms with Gasteiger partial charge in [0, 0.05) is 30.3 Å². The van der Waals surface area contributed by atoms with E-state index in [1.807, 2.05) is 39.8 Å². The average Bonchev–Trinajstić information content (AvgIpc) is 2.73. The minimum Gasteiger partial charge on any atom is -0.507 e. The molecule has 0 aromatic heterocycles.